The average molecular weight is 171 g/mol. The molecule has 0 aromatic heterocycles. The first kappa shape index (κ1) is 10.0. The largest absolute Gasteiger partial charge is 0.378 e. The molecule has 0 saturated carbocycles. The molecule has 2 nitrogen and oxygen atoms in total. The number of nitrogens with zero attached hydrogens (tertiary/aromatic N) is 1. The van der Waals surface area contributed by atoms with Crippen LogP contribution in [0.4, 0.5) is 0 Å². The van der Waals surface area contributed by atoms with Crippen molar-refractivity contribution < 1.29 is 4.74 Å². The maximum Gasteiger partial charge on any atom is 0.0622 e. The Kier molecular flexibility index (Phi) is 3.13. The fourth-order valence-corrected chi connectivity index (χ4v) is 1.88. The summed E-state index contributed by atoms with van der Waals surface area (Å²) in [6.45, 7) is 12.0. The van der Waals surface area contributed by atoms with Crippen LogP contribution in [0, 0.1) is 0 Å². The van der Waals surface area contributed by atoms with Crippen molar-refractivity contribution in [3.63, 3.8) is 0 Å². The molecule has 72 valence electrons. The van der Waals surface area contributed by atoms with E-state index >= 15 is 0 Å². The molecule has 12 heavy (non-hydrogen) atoms. The Bertz CT molecular complexity index is 139. The summed E-state index contributed by atoms with van der Waals surface area (Å²) in [6, 6.07) is 0.624. The Labute approximate surface area is 75.9 Å². The van der Waals surface area contributed by atoms with E-state index in [1.165, 1.54) is 6.42 Å². The van der Waals surface area contributed by atoms with Gasteiger partial charge in [-0.3, -0.25) is 4.90 Å². The van der Waals surface area contributed by atoms with Gasteiger partial charge in [-0.2, -0.15) is 0 Å². The van der Waals surface area contributed by atoms with Gasteiger partial charge in [-0.1, -0.05) is 6.92 Å². The van der Waals surface area contributed by atoms with E-state index in [0.29, 0.717) is 11.6 Å². The molecule has 0 aromatic rings. The van der Waals surface area contributed by atoms with Crippen LogP contribution < -0.4 is 0 Å². The highest BCUT2D eigenvalue weighted by Crippen LogP contribution is 2.21. The third kappa shape index (κ3) is 2.20. The highest BCUT2D eigenvalue weighted by Gasteiger charge is 2.30. The summed E-state index contributed by atoms with van der Waals surface area (Å²) >= 11 is 0. The van der Waals surface area contributed by atoms with Crippen LogP contribution in [0.25, 0.3) is 0 Å². The van der Waals surface area contributed by atoms with Crippen molar-refractivity contribution in [1.29, 1.82) is 0 Å². The van der Waals surface area contributed by atoms with E-state index in [9.17, 15) is 0 Å². The van der Waals surface area contributed by atoms with Gasteiger partial charge in [0.1, 0.15) is 0 Å². The molecule has 0 aliphatic carbocycles. The molecule has 1 aliphatic heterocycles. The summed E-state index contributed by atoms with van der Waals surface area (Å²) in [6.07, 6.45) is 1.19. The second kappa shape index (κ2) is 3.75. The molecule has 0 spiro atoms. The van der Waals surface area contributed by atoms with Gasteiger partial charge in [0, 0.05) is 18.1 Å². The first-order chi connectivity index (χ1) is 5.55. The molecule has 1 rings (SSSR count). The highest BCUT2D eigenvalue weighted by molar-refractivity contribution is 4.84. The molecule has 0 aromatic carbocycles. The molecule has 1 heterocycles. The van der Waals surface area contributed by atoms with Crippen molar-refractivity contribution in [2.24, 2.45) is 0 Å². The van der Waals surface area contributed by atoms with E-state index in [2.05, 4.69) is 32.6 Å². The minimum atomic E-state index is 0.296. The van der Waals surface area contributed by atoms with Gasteiger partial charge in [0.25, 0.3) is 0 Å². The Hall–Kier alpha value is -0.0800. The maximum absolute atomic E-state index is 5.46. The van der Waals surface area contributed by atoms with Crippen molar-refractivity contribution in [3.05, 3.63) is 0 Å². The van der Waals surface area contributed by atoms with E-state index in [1.54, 1.807) is 0 Å². The molecule has 2 heteroatoms. The van der Waals surface area contributed by atoms with Crippen molar-refractivity contribution >= 4 is 0 Å². The quantitative estimate of drug-likeness (QED) is 0.597. The minimum Gasteiger partial charge on any atom is -0.378 e. The third-order valence-corrected chi connectivity index (χ3v) is 2.56. The Balaban J connectivity index is 2.59. The number of rotatable bonds is 1. The summed E-state index contributed by atoms with van der Waals surface area (Å²) in [5, 5.41) is 0. The van der Waals surface area contributed by atoms with Gasteiger partial charge in [0.05, 0.1) is 13.2 Å². The molecule has 0 amide bonds. The van der Waals surface area contributed by atoms with Crippen LogP contribution >= 0.6 is 0 Å². The molecular weight excluding hydrogens is 150 g/mol. The first-order valence-electron chi connectivity index (χ1n) is 4.90. The zero-order chi connectivity index (χ0) is 9.19. The summed E-state index contributed by atoms with van der Waals surface area (Å²) < 4.78 is 5.46. The zero-order valence-corrected chi connectivity index (χ0v) is 8.76. The SMILES string of the molecule is CC[C@@H]1COCCN1C(C)(C)C. The number of hydrogen-bond donors (Lipinski definition) is 0. The van der Waals surface area contributed by atoms with E-state index < -0.39 is 0 Å². The van der Waals surface area contributed by atoms with E-state index in [1.807, 2.05) is 0 Å². The second-order valence-electron chi connectivity index (χ2n) is 4.50. The minimum absolute atomic E-state index is 0.296. The predicted octanol–water partition coefficient (Wildman–Crippen LogP) is 1.90. The van der Waals surface area contributed by atoms with Crippen LogP contribution in [0.2, 0.25) is 0 Å². The topological polar surface area (TPSA) is 12.5 Å². The fraction of sp³-hybridized carbons (Fsp3) is 1.00. The van der Waals surface area contributed by atoms with Crippen LogP contribution in [0.3, 0.4) is 0 Å². The monoisotopic (exact) mass is 171 g/mol. The highest BCUT2D eigenvalue weighted by atomic mass is 16.5. The van der Waals surface area contributed by atoms with Crippen molar-refractivity contribution in [2.75, 3.05) is 19.8 Å². The summed E-state index contributed by atoms with van der Waals surface area (Å²) in [5.74, 6) is 0. The molecule has 0 N–H and O–H groups in total. The van der Waals surface area contributed by atoms with Gasteiger partial charge in [-0.25, -0.2) is 0 Å². The second-order valence-corrected chi connectivity index (χ2v) is 4.50. The first-order valence-corrected chi connectivity index (χ1v) is 4.90. The van der Waals surface area contributed by atoms with Gasteiger partial charge >= 0.3 is 0 Å². The fourth-order valence-electron chi connectivity index (χ4n) is 1.88. The van der Waals surface area contributed by atoms with E-state index in [-0.39, 0.29) is 0 Å². The van der Waals surface area contributed by atoms with Crippen molar-refractivity contribution in [3.8, 4) is 0 Å². The molecule has 1 fully saturated rings. The van der Waals surface area contributed by atoms with Gasteiger partial charge < -0.3 is 4.74 Å². The van der Waals surface area contributed by atoms with Gasteiger partial charge in [-0.15, -0.1) is 0 Å². The van der Waals surface area contributed by atoms with Gasteiger partial charge in [-0.05, 0) is 27.2 Å². The standard InChI is InChI=1S/C10H21NO/c1-5-9-8-12-7-6-11(9)10(2,3)4/h9H,5-8H2,1-4H3/t9-/m1/s1. The zero-order valence-electron chi connectivity index (χ0n) is 8.76. The summed E-state index contributed by atoms with van der Waals surface area (Å²) in [4.78, 5) is 2.55. The van der Waals surface area contributed by atoms with E-state index in [0.717, 1.165) is 19.8 Å². The number of morpholine rings is 1. The normalized spacial score (nSPS) is 27.5. The molecule has 1 atom stereocenters. The lowest BCUT2D eigenvalue weighted by atomic mass is 10.0. The predicted molar refractivity (Wildman–Crippen MR) is 51.4 cm³/mol. The Morgan fingerprint density at radius 2 is 2.08 bits per heavy atom. The molecule has 1 saturated heterocycles. The average Bonchev–Trinajstić information content (AvgIpc) is 2.03. The molecule has 0 radical (unpaired) electrons. The van der Waals surface area contributed by atoms with Crippen molar-refractivity contribution in [2.45, 2.75) is 45.7 Å². The smallest absolute Gasteiger partial charge is 0.0622 e. The molecule has 0 unspecified atom stereocenters. The van der Waals surface area contributed by atoms with Crippen LogP contribution in [0.1, 0.15) is 34.1 Å². The summed E-state index contributed by atoms with van der Waals surface area (Å²) in [5.41, 5.74) is 0.296. The maximum atomic E-state index is 5.46. The summed E-state index contributed by atoms with van der Waals surface area (Å²) in [7, 11) is 0. The molecule has 1 aliphatic rings. The van der Waals surface area contributed by atoms with Gasteiger partial charge in [0.2, 0.25) is 0 Å². The van der Waals surface area contributed by atoms with E-state index in [4.69, 9.17) is 4.74 Å². The number of ether oxygens (including phenoxy) is 1. The lowest BCUT2D eigenvalue weighted by Gasteiger charge is -2.44. The van der Waals surface area contributed by atoms with Crippen LogP contribution in [-0.4, -0.2) is 36.2 Å². The van der Waals surface area contributed by atoms with Gasteiger partial charge in [0.15, 0.2) is 0 Å². The Morgan fingerprint density at radius 3 is 2.50 bits per heavy atom. The molecule has 0 bridgehead atoms. The third-order valence-electron chi connectivity index (χ3n) is 2.56. The van der Waals surface area contributed by atoms with Crippen LogP contribution in [-0.2, 0) is 4.74 Å². The number of hydrogen-bond acceptors (Lipinski definition) is 2. The van der Waals surface area contributed by atoms with Crippen LogP contribution in [0.5, 0.6) is 0 Å². The lowest BCUT2D eigenvalue weighted by Crippen LogP contribution is -2.54. The van der Waals surface area contributed by atoms with Crippen LogP contribution in [0.15, 0.2) is 0 Å². The molecular formula is C10H21NO. The Morgan fingerprint density at radius 1 is 1.42 bits per heavy atom. The lowest BCUT2D eigenvalue weighted by molar-refractivity contribution is -0.0500. The van der Waals surface area contributed by atoms with Crippen molar-refractivity contribution in [1.82, 2.24) is 4.90 Å².